The Morgan fingerprint density at radius 3 is 2.50 bits per heavy atom. The Morgan fingerprint density at radius 2 is 2.15 bits per heavy atom. The predicted molar refractivity (Wildman–Crippen MR) is 79.6 cm³/mol. The highest BCUT2D eigenvalue weighted by molar-refractivity contribution is 6.31. The summed E-state index contributed by atoms with van der Waals surface area (Å²) in [7, 11) is 0. The zero-order chi connectivity index (χ0) is 15.1. The quantitative estimate of drug-likeness (QED) is 0.841. The molecule has 3 N–H and O–H groups in total. The number of primary amides is 1. The summed E-state index contributed by atoms with van der Waals surface area (Å²) in [5.74, 6) is -0.0255. The second-order valence-corrected chi connectivity index (χ2v) is 6.43. The SMILES string of the molecule is Cc1nn(CC(NC(C)C)(C(N)=O)C2CC2)c(C)c1Cl. The molecule has 1 aliphatic rings. The number of aryl methyl sites for hydroxylation is 1. The molecule has 0 spiro atoms. The van der Waals surface area contributed by atoms with E-state index in [1.807, 2.05) is 27.7 Å². The minimum atomic E-state index is -0.735. The van der Waals surface area contributed by atoms with Crippen molar-refractivity contribution >= 4 is 17.5 Å². The van der Waals surface area contributed by atoms with Crippen molar-refractivity contribution in [2.75, 3.05) is 0 Å². The summed E-state index contributed by atoms with van der Waals surface area (Å²) in [4.78, 5) is 12.1. The fourth-order valence-electron chi connectivity index (χ4n) is 2.80. The minimum Gasteiger partial charge on any atom is -0.368 e. The topological polar surface area (TPSA) is 72.9 Å². The summed E-state index contributed by atoms with van der Waals surface area (Å²) < 4.78 is 1.80. The Balaban J connectivity index is 2.36. The molecule has 1 saturated carbocycles. The van der Waals surface area contributed by atoms with Crippen molar-refractivity contribution in [2.24, 2.45) is 11.7 Å². The van der Waals surface area contributed by atoms with Gasteiger partial charge in [-0.2, -0.15) is 5.10 Å². The van der Waals surface area contributed by atoms with Crippen molar-refractivity contribution in [3.63, 3.8) is 0 Å². The Labute approximate surface area is 124 Å². The van der Waals surface area contributed by atoms with Gasteiger partial charge in [0.05, 0.1) is 23.0 Å². The van der Waals surface area contributed by atoms with Crippen molar-refractivity contribution in [3.8, 4) is 0 Å². The van der Waals surface area contributed by atoms with Gasteiger partial charge in [0.15, 0.2) is 0 Å². The number of carbonyl (C=O) groups is 1. The maximum atomic E-state index is 12.1. The van der Waals surface area contributed by atoms with Crippen molar-refractivity contribution in [2.45, 2.75) is 58.7 Å². The van der Waals surface area contributed by atoms with Crippen LogP contribution in [0.1, 0.15) is 38.1 Å². The fourth-order valence-corrected chi connectivity index (χ4v) is 2.93. The van der Waals surface area contributed by atoms with E-state index in [0.29, 0.717) is 11.6 Å². The smallest absolute Gasteiger partial charge is 0.239 e. The summed E-state index contributed by atoms with van der Waals surface area (Å²) in [6.07, 6.45) is 2.05. The lowest BCUT2D eigenvalue weighted by atomic mass is 9.91. The van der Waals surface area contributed by atoms with Gasteiger partial charge in [-0.3, -0.25) is 14.8 Å². The van der Waals surface area contributed by atoms with Crippen LogP contribution in [0.4, 0.5) is 0 Å². The first-order valence-electron chi connectivity index (χ1n) is 7.05. The number of rotatable bonds is 6. The molecule has 1 heterocycles. The van der Waals surface area contributed by atoms with Gasteiger partial charge in [0.1, 0.15) is 5.54 Å². The van der Waals surface area contributed by atoms with E-state index < -0.39 is 5.54 Å². The zero-order valence-electron chi connectivity index (χ0n) is 12.5. The number of nitrogens with zero attached hydrogens (tertiary/aromatic N) is 2. The molecule has 1 fully saturated rings. The first-order chi connectivity index (χ1) is 9.28. The number of aromatic nitrogens is 2. The number of nitrogens with one attached hydrogen (secondary N) is 1. The molecule has 1 aromatic heterocycles. The van der Waals surface area contributed by atoms with Crippen molar-refractivity contribution in [3.05, 3.63) is 16.4 Å². The van der Waals surface area contributed by atoms with Crippen LogP contribution in [0, 0.1) is 19.8 Å². The van der Waals surface area contributed by atoms with Gasteiger partial charge >= 0.3 is 0 Å². The normalized spacial score (nSPS) is 18.3. The van der Waals surface area contributed by atoms with Crippen LogP contribution >= 0.6 is 11.6 Å². The largest absolute Gasteiger partial charge is 0.368 e. The highest BCUT2D eigenvalue weighted by Crippen LogP contribution is 2.41. The number of hydrogen-bond donors (Lipinski definition) is 2. The van der Waals surface area contributed by atoms with Crippen LogP contribution < -0.4 is 11.1 Å². The van der Waals surface area contributed by atoms with E-state index in [1.54, 1.807) is 4.68 Å². The van der Waals surface area contributed by atoms with Crippen molar-refractivity contribution in [1.29, 1.82) is 0 Å². The van der Waals surface area contributed by atoms with E-state index in [0.717, 1.165) is 24.2 Å². The first-order valence-corrected chi connectivity index (χ1v) is 7.43. The van der Waals surface area contributed by atoms with Crippen LogP contribution in [0.25, 0.3) is 0 Å². The number of nitrogens with two attached hydrogens (primary N) is 1. The average molecular weight is 299 g/mol. The Bertz CT molecular complexity index is 521. The summed E-state index contributed by atoms with van der Waals surface area (Å²) in [5.41, 5.74) is 6.65. The molecule has 20 heavy (non-hydrogen) atoms. The lowest BCUT2D eigenvalue weighted by Gasteiger charge is -2.34. The van der Waals surface area contributed by atoms with Crippen molar-refractivity contribution in [1.82, 2.24) is 15.1 Å². The summed E-state index contributed by atoms with van der Waals surface area (Å²) in [6.45, 7) is 8.26. The molecule has 0 aromatic carbocycles. The van der Waals surface area contributed by atoms with Crippen LogP contribution in [0.3, 0.4) is 0 Å². The molecule has 6 heteroatoms. The van der Waals surface area contributed by atoms with Crippen LogP contribution in [0.5, 0.6) is 0 Å². The van der Waals surface area contributed by atoms with Gasteiger partial charge < -0.3 is 5.73 Å². The lowest BCUT2D eigenvalue weighted by molar-refractivity contribution is -0.126. The van der Waals surface area contributed by atoms with Gasteiger partial charge in [-0.05, 0) is 46.5 Å². The van der Waals surface area contributed by atoms with E-state index in [-0.39, 0.29) is 17.9 Å². The average Bonchev–Trinajstić information content (AvgIpc) is 3.15. The van der Waals surface area contributed by atoms with Crippen LogP contribution in [-0.2, 0) is 11.3 Å². The monoisotopic (exact) mass is 298 g/mol. The molecule has 1 unspecified atom stereocenters. The number of halogens is 1. The van der Waals surface area contributed by atoms with Crippen LogP contribution in [0.15, 0.2) is 0 Å². The standard InChI is InChI=1S/C14H23ClN4O/c1-8(2)17-14(13(16)20,11-5-6-11)7-19-10(4)12(15)9(3)18-19/h8,11,17H,5-7H2,1-4H3,(H2,16,20). The molecule has 0 bridgehead atoms. The maximum absolute atomic E-state index is 12.1. The van der Waals surface area contributed by atoms with E-state index in [9.17, 15) is 4.79 Å². The third kappa shape index (κ3) is 2.69. The highest BCUT2D eigenvalue weighted by Gasteiger charge is 2.50. The number of carbonyl (C=O) groups excluding carboxylic acids is 1. The molecular weight excluding hydrogens is 276 g/mol. The summed E-state index contributed by atoms with van der Waals surface area (Å²) >= 11 is 6.19. The molecule has 0 saturated heterocycles. The van der Waals surface area contributed by atoms with Gasteiger partial charge in [0.2, 0.25) is 5.91 Å². The first kappa shape index (κ1) is 15.3. The number of hydrogen-bond acceptors (Lipinski definition) is 3. The molecule has 112 valence electrons. The third-order valence-electron chi connectivity index (χ3n) is 3.95. The Kier molecular flexibility index (Phi) is 4.12. The molecular formula is C14H23ClN4O. The minimum absolute atomic E-state index is 0.176. The van der Waals surface area contributed by atoms with Crippen LogP contribution in [-0.4, -0.2) is 27.3 Å². The van der Waals surface area contributed by atoms with Gasteiger partial charge in [0, 0.05) is 6.04 Å². The molecule has 5 nitrogen and oxygen atoms in total. The second kappa shape index (κ2) is 5.37. The fraction of sp³-hybridized carbons (Fsp3) is 0.714. The Morgan fingerprint density at radius 1 is 1.55 bits per heavy atom. The van der Waals surface area contributed by atoms with E-state index in [1.165, 1.54) is 0 Å². The highest BCUT2D eigenvalue weighted by atomic mass is 35.5. The predicted octanol–water partition coefficient (Wildman–Crippen LogP) is 1.79. The van der Waals surface area contributed by atoms with Crippen molar-refractivity contribution < 1.29 is 4.79 Å². The molecule has 1 amide bonds. The molecule has 1 aromatic rings. The van der Waals surface area contributed by atoms with E-state index in [2.05, 4.69) is 10.4 Å². The number of amides is 1. The maximum Gasteiger partial charge on any atom is 0.239 e. The van der Waals surface area contributed by atoms with E-state index >= 15 is 0 Å². The van der Waals surface area contributed by atoms with Gasteiger partial charge in [0.25, 0.3) is 0 Å². The third-order valence-corrected chi connectivity index (χ3v) is 4.50. The summed E-state index contributed by atoms with van der Waals surface area (Å²) in [5, 5.41) is 8.47. The molecule has 1 aliphatic carbocycles. The molecule has 1 atom stereocenters. The summed E-state index contributed by atoms with van der Waals surface area (Å²) in [6, 6.07) is 0.176. The molecule has 2 rings (SSSR count). The molecule has 0 aliphatic heterocycles. The van der Waals surface area contributed by atoms with Gasteiger partial charge in [-0.15, -0.1) is 0 Å². The van der Waals surface area contributed by atoms with Gasteiger partial charge in [-0.1, -0.05) is 11.6 Å². The molecule has 0 radical (unpaired) electrons. The van der Waals surface area contributed by atoms with E-state index in [4.69, 9.17) is 17.3 Å². The second-order valence-electron chi connectivity index (χ2n) is 6.05. The van der Waals surface area contributed by atoms with Gasteiger partial charge in [-0.25, -0.2) is 0 Å². The Hall–Kier alpha value is -1.07. The zero-order valence-corrected chi connectivity index (χ0v) is 13.3. The van der Waals surface area contributed by atoms with Crippen LogP contribution in [0.2, 0.25) is 5.02 Å². The lowest BCUT2D eigenvalue weighted by Crippen LogP contribution is -2.62.